The van der Waals surface area contributed by atoms with Gasteiger partial charge in [-0.3, -0.25) is 0 Å². The van der Waals surface area contributed by atoms with Crippen LogP contribution in [0.3, 0.4) is 0 Å². The van der Waals surface area contributed by atoms with E-state index in [2.05, 4.69) is 15.5 Å². The van der Waals surface area contributed by atoms with Gasteiger partial charge in [0.05, 0.1) is 0 Å². The highest BCUT2D eigenvalue weighted by molar-refractivity contribution is 7.15. The minimum Gasteiger partial charge on any atom is -0.396 e. The fraction of sp³-hybridized carbons (Fsp3) is 0.714. The molecule has 0 spiro atoms. The highest BCUT2D eigenvalue weighted by Gasteiger charge is 2.02. The lowest BCUT2D eigenvalue weighted by Crippen LogP contribution is -2.14. The van der Waals surface area contributed by atoms with E-state index in [4.69, 9.17) is 5.11 Å². The lowest BCUT2D eigenvalue weighted by atomic mass is 10.2. The molecule has 0 fully saturated rings. The average Bonchev–Trinajstić information content (AvgIpc) is 2.47. The molecule has 0 amide bonds. The summed E-state index contributed by atoms with van der Waals surface area (Å²) in [5.41, 5.74) is 0. The maximum Gasteiger partial charge on any atom is 0.205 e. The van der Waals surface area contributed by atoms with Crippen LogP contribution in [0.15, 0.2) is 0 Å². The molecule has 68 valence electrons. The summed E-state index contributed by atoms with van der Waals surface area (Å²) in [4.78, 5) is 0. The summed E-state index contributed by atoms with van der Waals surface area (Å²) < 4.78 is 0. The van der Waals surface area contributed by atoms with Gasteiger partial charge < -0.3 is 10.4 Å². The Morgan fingerprint density at radius 3 is 2.83 bits per heavy atom. The summed E-state index contributed by atoms with van der Waals surface area (Å²) in [6.45, 7) is 4.83. The van der Waals surface area contributed by atoms with Crippen LogP contribution in [0.25, 0.3) is 0 Å². The molecule has 0 aliphatic carbocycles. The molecule has 0 aromatic carbocycles. The van der Waals surface area contributed by atoms with Crippen LogP contribution < -0.4 is 5.32 Å². The highest BCUT2D eigenvalue weighted by Crippen LogP contribution is 2.13. The molecular weight excluding hydrogens is 174 g/mol. The van der Waals surface area contributed by atoms with Gasteiger partial charge in [-0.25, -0.2) is 0 Å². The van der Waals surface area contributed by atoms with Crippen LogP contribution in [0.1, 0.15) is 11.9 Å². The van der Waals surface area contributed by atoms with Crippen molar-refractivity contribution in [3.8, 4) is 0 Å². The molecule has 1 heterocycles. The van der Waals surface area contributed by atoms with Gasteiger partial charge >= 0.3 is 0 Å². The monoisotopic (exact) mass is 187 g/mol. The van der Waals surface area contributed by atoms with Crippen LogP contribution in [0.4, 0.5) is 5.13 Å². The van der Waals surface area contributed by atoms with Crippen LogP contribution in [-0.2, 0) is 0 Å². The van der Waals surface area contributed by atoms with E-state index in [9.17, 15) is 0 Å². The SMILES string of the molecule is Cc1nnc(NCC(C)CO)s1. The number of anilines is 1. The molecule has 12 heavy (non-hydrogen) atoms. The van der Waals surface area contributed by atoms with E-state index >= 15 is 0 Å². The third kappa shape index (κ3) is 2.75. The van der Waals surface area contributed by atoms with Crippen molar-refractivity contribution in [1.82, 2.24) is 10.2 Å². The second-order valence-corrected chi connectivity index (χ2v) is 3.98. The zero-order chi connectivity index (χ0) is 8.97. The van der Waals surface area contributed by atoms with Gasteiger partial charge in [0.2, 0.25) is 5.13 Å². The summed E-state index contributed by atoms with van der Waals surface area (Å²) in [6, 6.07) is 0. The van der Waals surface area contributed by atoms with Crippen molar-refractivity contribution in [2.24, 2.45) is 5.92 Å². The number of rotatable bonds is 4. The molecule has 0 bridgehead atoms. The lowest BCUT2D eigenvalue weighted by Gasteiger charge is -2.06. The van der Waals surface area contributed by atoms with Gasteiger partial charge in [-0.05, 0) is 12.8 Å². The Morgan fingerprint density at radius 2 is 2.33 bits per heavy atom. The lowest BCUT2D eigenvalue weighted by molar-refractivity contribution is 0.244. The van der Waals surface area contributed by atoms with E-state index in [0.717, 1.165) is 16.7 Å². The maximum absolute atomic E-state index is 8.75. The maximum atomic E-state index is 8.75. The number of hydrogen-bond donors (Lipinski definition) is 2. The smallest absolute Gasteiger partial charge is 0.205 e. The van der Waals surface area contributed by atoms with Crippen LogP contribution in [0, 0.1) is 12.8 Å². The molecule has 1 unspecified atom stereocenters. The van der Waals surface area contributed by atoms with E-state index in [1.165, 1.54) is 11.3 Å². The second-order valence-electron chi connectivity index (χ2n) is 2.79. The standard InChI is InChI=1S/C7H13N3OS/c1-5(4-11)3-8-7-10-9-6(2)12-7/h5,11H,3-4H2,1-2H3,(H,8,10). The normalized spacial score (nSPS) is 12.9. The molecule has 1 aromatic rings. The molecule has 0 aliphatic rings. The molecule has 1 atom stereocenters. The molecule has 4 nitrogen and oxygen atoms in total. The molecular formula is C7H13N3OS. The van der Waals surface area contributed by atoms with Crippen molar-refractivity contribution in [2.45, 2.75) is 13.8 Å². The highest BCUT2D eigenvalue weighted by atomic mass is 32.1. The van der Waals surface area contributed by atoms with E-state index in [-0.39, 0.29) is 12.5 Å². The van der Waals surface area contributed by atoms with Crippen LogP contribution in [-0.4, -0.2) is 28.5 Å². The fourth-order valence-corrected chi connectivity index (χ4v) is 1.29. The zero-order valence-electron chi connectivity index (χ0n) is 7.24. The molecule has 0 saturated heterocycles. The Hall–Kier alpha value is -0.680. The molecule has 1 rings (SSSR count). The zero-order valence-corrected chi connectivity index (χ0v) is 8.06. The predicted octanol–water partition coefficient (Wildman–Crippen LogP) is 0.887. The van der Waals surface area contributed by atoms with Gasteiger partial charge in [0.15, 0.2) is 0 Å². The van der Waals surface area contributed by atoms with Crippen molar-refractivity contribution >= 4 is 16.5 Å². The Labute approximate surface area is 75.6 Å². The van der Waals surface area contributed by atoms with E-state index in [0.29, 0.717) is 0 Å². The minimum atomic E-state index is 0.199. The second kappa shape index (κ2) is 4.37. The number of hydrogen-bond acceptors (Lipinski definition) is 5. The van der Waals surface area contributed by atoms with E-state index in [1.54, 1.807) is 0 Å². The number of aliphatic hydroxyl groups excluding tert-OH is 1. The largest absolute Gasteiger partial charge is 0.396 e. The van der Waals surface area contributed by atoms with E-state index in [1.807, 2.05) is 13.8 Å². The Morgan fingerprint density at radius 1 is 1.58 bits per heavy atom. The quantitative estimate of drug-likeness (QED) is 0.735. The molecule has 0 radical (unpaired) electrons. The first-order chi connectivity index (χ1) is 5.72. The first-order valence-electron chi connectivity index (χ1n) is 3.87. The van der Waals surface area contributed by atoms with Crippen LogP contribution >= 0.6 is 11.3 Å². The third-order valence-corrected chi connectivity index (χ3v) is 2.24. The molecule has 0 saturated carbocycles. The van der Waals surface area contributed by atoms with Gasteiger partial charge in [-0.1, -0.05) is 18.3 Å². The molecule has 0 aliphatic heterocycles. The van der Waals surface area contributed by atoms with Gasteiger partial charge in [0.1, 0.15) is 5.01 Å². The van der Waals surface area contributed by atoms with Crippen molar-refractivity contribution in [3.63, 3.8) is 0 Å². The number of aromatic nitrogens is 2. The summed E-state index contributed by atoms with van der Waals surface area (Å²) in [6.07, 6.45) is 0. The van der Waals surface area contributed by atoms with Crippen molar-refractivity contribution in [2.75, 3.05) is 18.5 Å². The molecule has 5 heteroatoms. The summed E-state index contributed by atoms with van der Waals surface area (Å²) in [7, 11) is 0. The molecule has 2 N–H and O–H groups in total. The van der Waals surface area contributed by atoms with Gasteiger partial charge in [-0.2, -0.15) is 0 Å². The predicted molar refractivity (Wildman–Crippen MR) is 49.4 cm³/mol. The number of nitrogens with one attached hydrogen (secondary N) is 1. The van der Waals surface area contributed by atoms with Gasteiger partial charge in [0, 0.05) is 13.2 Å². The molecule has 1 aromatic heterocycles. The van der Waals surface area contributed by atoms with Crippen molar-refractivity contribution in [3.05, 3.63) is 5.01 Å². The summed E-state index contributed by atoms with van der Waals surface area (Å²) in [5.74, 6) is 0.259. The van der Waals surface area contributed by atoms with Crippen molar-refractivity contribution < 1.29 is 5.11 Å². The Bertz CT molecular complexity index is 238. The van der Waals surface area contributed by atoms with Crippen LogP contribution in [0.5, 0.6) is 0 Å². The Kier molecular flexibility index (Phi) is 3.43. The number of nitrogens with zero attached hydrogens (tertiary/aromatic N) is 2. The van der Waals surface area contributed by atoms with Gasteiger partial charge in [0.25, 0.3) is 0 Å². The first kappa shape index (κ1) is 9.41. The summed E-state index contributed by atoms with van der Waals surface area (Å²) >= 11 is 1.53. The topological polar surface area (TPSA) is 58.0 Å². The first-order valence-corrected chi connectivity index (χ1v) is 4.69. The van der Waals surface area contributed by atoms with Crippen LogP contribution in [0.2, 0.25) is 0 Å². The Balaban J connectivity index is 2.33. The fourth-order valence-electron chi connectivity index (χ4n) is 0.694. The van der Waals surface area contributed by atoms with Crippen molar-refractivity contribution in [1.29, 1.82) is 0 Å². The number of aryl methyl sites for hydroxylation is 1. The number of aliphatic hydroxyl groups is 1. The average molecular weight is 187 g/mol. The third-order valence-electron chi connectivity index (χ3n) is 1.44. The van der Waals surface area contributed by atoms with Gasteiger partial charge in [-0.15, -0.1) is 10.2 Å². The minimum absolute atomic E-state index is 0.199. The van der Waals surface area contributed by atoms with E-state index < -0.39 is 0 Å². The summed E-state index contributed by atoms with van der Waals surface area (Å²) in [5, 5.41) is 21.4.